The van der Waals surface area contributed by atoms with Crippen LogP contribution in [-0.4, -0.2) is 21.6 Å². The molecule has 108 valence electrons. The van der Waals surface area contributed by atoms with Gasteiger partial charge in [-0.15, -0.1) is 3.89 Å². The SMILES string of the molecule is CCOP(=O)(Cc1ccc(S(=O)(=O)F)cc1)OCC. The van der Waals surface area contributed by atoms with Gasteiger partial charge >= 0.3 is 17.8 Å². The predicted octanol–water partition coefficient (Wildman–Crippen LogP) is 3.11. The second-order valence-corrected chi connectivity index (χ2v) is 7.09. The molecule has 0 heterocycles. The molecule has 0 fully saturated rings. The molecule has 1 rings (SSSR count). The zero-order valence-electron chi connectivity index (χ0n) is 10.7. The first-order valence-electron chi connectivity index (χ1n) is 5.72. The lowest BCUT2D eigenvalue weighted by Crippen LogP contribution is -1.99. The van der Waals surface area contributed by atoms with Crippen LogP contribution in [0.15, 0.2) is 29.2 Å². The van der Waals surface area contributed by atoms with Crippen LogP contribution >= 0.6 is 7.60 Å². The summed E-state index contributed by atoms with van der Waals surface area (Å²) in [5.74, 6) is 0. The average molecular weight is 310 g/mol. The molecule has 0 aliphatic carbocycles. The van der Waals surface area contributed by atoms with Gasteiger partial charge in [-0.2, -0.15) is 8.42 Å². The Bertz CT molecular complexity index is 545. The first kappa shape index (κ1) is 16.3. The zero-order valence-corrected chi connectivity index (χ0v) is 12.4. The summed E-state index contributed by atoms with van der Waals surface area (Å²) in [5, 5.41) is 0. The summed E-state index contributed by atoms with van der Waals surface area (Å²) < 4.78 is 56.5. The van der Waals surface area contributed by atoms with E-state index in [9.17, 15) is 16.9 Å². The van der Waals surface area contributed by atoms with Crippen LogP contribution in [0.5, 0.6) is 0 Å². The molecule has 8 heteroatoms. The molecule has 0 aliphatic rings. The van der Waals surface area contributed by atoms with Crippen molar-refractivity contribution in [2.75, 3.05) is 13.2 Å². The van der Waals surface area contributed by atoms with Crippen LogP contribution in [-0.2, 0) is 30.0 Å². The minimum Gasteiger partial charge on any atom is -0.309 e. The van der Waals surface area contributed by atoms with Crippen LogP contribution in [0, 0.1) is 0 Å². The van der Waals surface area contributed by atoms with Crippen molar-refractivity contribution in [3.8, 4) is 0 Å². The molecular weight excluding hydrogens is 294 g/mol. The first-order valence-corrected chi connectivity index (χ1v) is 8.83. The Balaban J connectivity index is 2.90. The quantitative estimate of drug-likeness (QED) is 0.571. The highest BCUT2D eigenvalue weighted by molar-refractivity contribution is 7.86. The maximum Gasteiger partial charge on any atom is 0.335 e. The molecule has 0 unspecified atom stereocenters. The highest BCUT2D eigenvalue weighted by Gasteiger charge is 2.24. The lowest BCUT2D eigenvalue weighted by atomic mass is 10.2. The predicted molar refractivity (Wildman–Crippen MR) is 69.3 cm³/mol. The number of benzene rings is 1. The van der Waals surface area contributed by atoms with Gasteiger partial charge in [0.25, 0.3) is 0 Å². The standard InChI is InChI=1S/C11H16FO5PS/c1-3-16-18(13,17-4-2)9-10-5-7-11(8-6-10)19(12,14)15/h5-8H,3-4,9H2,1-2H3. The summed E-state index contributed by atoms with van der Waals surface area (Å²) in [4.78, 5) is -0.432. The van der Waals surface area contributed by atoms with Gasteiger partial charge in [0, 0.05) is 0 Å². The van der Waals surface area contributed by atoms with E-state index in [2.05, 4.69) is 0 Å². The summed E-state index contributed by atoms with van der Waals surface area (Å²) in [6, 6.07) is 5.01. The third-order valence-electron chi connectivity index (χ3n) is 2.23. The van der Waals surface area contributed by atoms with Crippen LogP contribution in [0.25, 0.3) is 0 Å². The molecule has 0 radical (unpaired) electrons. The third kappa shape index (κ3) is 5.03. The topological polar surface area (TPSA) is 69.7 Å². The van der Waals surface area contributed by atoms with Crippen LogP contribution in [0.3, 0.4) is 0 Å². The van der Waals surface area contributed by atoms with Crippen molar-refractivity contribution in [2.45, 2.75) is 24.9 Å². The monoisotopic (exact) mass is 310 g/mol. The third-order valence-corrected chi connectivity index (χ3v) is 5.12. The van der Waals surface area contributed by atoms with Gasteiger partial charge in [0.15, 0.2) is 0 Å². The van der Waals surface area contributed by atoms with E-state index in [1.807, 2.05) is 0 Å². The fraction of sp³-hybridized carbons (Fsp3) is 0.455. The van der Waals surface area contributed by atoms with Crippen molar-refractivity contribution < 1.29 is 25.9 Å². The Morgan fingerprint density at radius 1 is 1.11 bits per heavy atom. The van der Waals surface area contributed by atoms with Gasteiger partial charge in [-0.1, -0.05) is 12.1 Å². The van der Waals surface area contributed by atoms with E-state index in [0.29, 0.717) is 5.56 Å². The number of halogens is 1. The number of hydrogen-bond acceptors (Lipinski definition) is 5. The van der Waals surface area contributed by atoms with E-state index < -0.39 is 22.7 Å². The van der Waals surface area contributed by atoms with Crippen LogP contribution < -0.4 is 0 Å². The summed E-state index contributed by atoms with van der Waals surface area (Å²) >= 11 is 0. The molecular formula is C11H16FO5PS. The fourth-order valence-electron chi connectivity index (χ4n) is 1.50. The normalized spacial score (nSPS) is 12.6. The summed E-state index contributed by atoms with van der Waals surface area (Å²) in [6.45, 7) is 3.89. The van der Waals surface area contributed by atoms with Crippen molar-refractivity contribution in [2.24, 2.45) is 0 Å². The maximum atomic E-state index is 12.7. The Hall–Kier alpha value is -0.750. The molecule has 5 nitrogen and oxygen atoms in total. The van der Waals surface area contributed by atoms with Crippen LogP contribution in [0.2, 0.25) is 0 Å². The molecule has 1 aromatic rings. The van der Waals surface area contributed by atoms with Crippen molar-refractivity contribution in [1.82, 2.24) is 0 Å². The van der Waals surface area contributed by atoms with Crippen molar-refractivity contribution in [3.63, 3.8) is 0 Å². The van der Waals surface area contributed by atoms with E-state index in [1.165, 1.54) is 12.1 Å². The van der Waals surface area contributed by atoms with Crippen molar-refractivity contribution >= 4 is 17.8 Å². The van der Waals surface area contributed by atoms with E-state index >= 15 is 0 Å². The molecule has 0 saturated carbocycles. The van der Waals surface area contributed by atoms with E-state index in [4.69, 9.17) is 9.05 Å². The number of hydrogen-bond donors (Lipinski definition) is 0. The molecule has 0 aromatic heterocycles. The molecule has 1 aromatic carbocycles. The Morgan fingerprint density at radius 3 is 1.95 bits per heavy atom. The molecule has 0 bridgehead atoms. The second kappa shape index (κ2) is 6.61. The van der Waals surface area contributed by atoms with Crippen LogP contribution in [0.4, 0.5) is 3.89 Å². The zero-order chi connectivity index (χ0) is 14.5. The molecule has 19 heavy (non-hydrogen) atoms. The molecule has 0 amide bonds. The average Bonchev–Trinajstić information content (AvgIpc) is 2.28. The van der Waals surface area contributed by atoms with Crippen molar-refractivity contribution in [3.05, 3.63) is 29.8 Å². The van der Waals surface area contributed by atoms with Gasteiger partial charge < -0.3 is 9.05 Å². The molecule has 0 aliphatic heterocycles. The Morgan fingerprint density at radius 2 is 1.58 bits per heavy atom. The molecule has 0 atom stereocenters. The highest BCUT2D eigenvalue weighted by Crippen LogP contribution is 2.51. The first-order chi connectivity index (χ1) is 8.80. The van der Waals surface area contributed by atoms with E-state index in [-0.39, 0.29) is 19.4 Å². The van der Waals surface area contributed by atoms with E-state index in [1.54, 1.807) is 13.8 Å². The molecule has 0 spiro atoms. The van der Waals surface area contributed by atoms with Gasteiger partial charge in [0.2, 0.25) is 0 Å². The lowest BCUT2D eigenvalue weighted by Gasteiger charge is -2.16. The van der Waals surface area contributed by atoms with Gasteiger partial charge in [0.05, 0.1) is 24.3 Å². The Labute approximate surface area is 112 Å². The fourth-order valence-corrected chi connectivity index (χ4v) is 3.67. The second-order valence-electron chi connectivity index (χ2n) is 3.69. The maximum absolute atomic E-state index is 12.7. The summed E-state index contributed by atoms with van der Waals surface area (Å²) in [6.07, 6.45) is 0.0152. The van der Waals surface area contributed by atoms with Crippen LogP contribution in [0.1, 0.15) is 19.4 Å². The van der Waals surface area contributed by atoms with Crippen molar-refractivity contribution in [1.29, 1.82) is 0 Å². The highest BCUT2D eigenvalue weighted by atomic mass is 32.3. The van der Waals surface area contributed by atoms with Gasteiger partial charge in [0.1, 0.15) is 0 Å². The smallest absolute Gasteiger partial charge is 0.309 e. The Kier molecular flexibility index (Phi) is 5.67. The largest absolute Gasteiger partial charge is 0.335 e. The van der Waals surface area contributed by atoms with Gasteiger partial charge in [-0.05, 0) is 31.5 Å². The van der Waals surface area contributed by atoms with Gasteiger partial charge in [-0.3, -0.25) is 4.57 Å². The van der Waals surface area contributed by atoms with Gasteiger partial charge in [-0.25, -0.2) is 0 Å². The van der Waals surface area contributed by atoms with E-state index in [0.717, 1.165) is 12.1 Å². The lowest BCUT2D eigenvalue weighted by molar-refractivity contribution is 0.219. The summed E-state index contributed by atoms with van der Waals surface area (Å²) in [7, 11) is -7.96. The minimum absolute atomic E-state index is 0.0152. The molecule has 0 saturated heterocycles. The molecule has 0 N–H and O–H groups in total. The number of rotatable bonds is 7. The summed E-state index contributed by atoms with van der Waals surface area (Å²) in [5.41, 5.74) is 0.553. The minimum atomic E-state index is -4.72.